The molecule has 13 heteroatoms. The molecule has 2 fully saturated rings. The monoisotopic (exact) mass is 651 g/mol. The molecule has 13 nitrogen and oxygen atoms in total. The molecule has 0 spiro atoms. The fourth-order valence-electron chi connectivity index (χ4n) is 6.43. The minimum Gasteiger partial charge on any atom is -0.497 e. The molecule has 3 aromatic carbocycles. The summed E-state index contributed by atoms with van der Waals surface area (Å²) in [6, 6.07) is 26.7. The van der Waals surface area contributed by atoms with Crippen molar-refractivity contribution in [3.05, 3.63) is 131 Å². The molecule has 246 valence electrons. The summed E-state index contributed by atoms with van der Waals surface area (Å²) in [5.74, 6) is 1.15. The third kappa shape index (κ3) is 5.41. The molecule has 4 heterocycles. The summed E-state index contributed by atoms with van der Waals surface area (Å²) in [7, 11) is 3.22. The molecule has 2 aromatic heterocycles. The summed E-state index contributed by atoms with van der Waals surface area (Å²) in [5.41, 5.74) is -0.577. The highest BCUT2D eigenvalue weighted by Crippen LogP contribution is 2.49. The van der Waals surface area contributed by atoms with Crippen molar-refractivity contribution in [3.8, 4) is 17.3 Å². The van der Waals surface area contributed by atoms with E-state index in [1.165, 1.54) is 28.8 Å². The number of methoxy groups -OCH3 is 2. The maximum Gasteiger partial charge on any atom is 0.351 e. The maximum absolute atomic E-state index is 13.3. The number of carbonyl (C=O) groups excluding carboxylic acids is 1. The number of benzene rings is 3. The van der Waals surface area contributed by atoms with Crippen LogP contribution >= 0.6 is 0 Å². The lowest BCUT2D eigenvalue weighted by atomic mass is 9.79. The van der Waals surface area contributed by atoms with Gasteiger partial charge in [-0.2, -0.15) is 10.1 Å². The molecule has 2 aliphatic rings. The summed E-state index contributed by atoms with van der Waals surface area (Å²) in [6.45, 7) is 1.30. The molecule has 7 rings (SSSR count). The number of carbonyl (C=O) groups is 1. The van der Waals surface area contributed by atoms with E-state index in [0.717, 1.165) is 16.7 Å². The fourth-order valence-corrected chi connectivity index (χ4v) is 6.43. The van der Waals surface area contributed by atoms with Gasteiger partial charge in [-0.25, -0.2) is 14.5 Å². The summed E-state index contributed by atoms with van der Waals surface area (Å²) >= 11 is 0. The predicted octanol–water partition coefficient (Wildman–Crippen LogP) is 3.45. The summed E-state index contributed by atoms with van der Waals surface area (Å²) in [5, 5.41) is 4.04. The molecule has 4 atom stereocenters. The highest BCUT2D eigenvalue weighted by molar-refractivity contribution is 5.66. The first-order valence-electron chi connectivity index (χ1n) is 15.3. The molecular formula is C35H33N5O8. The number of hydrogen-bond acceptors (Lipinski definition) is 11. The van der Waals surface area contributed by atoms with Crippen LogP contribution in [0.1, 0.15) is 29.8 Å². The lowest BCUT2D eigenvalue weighted by Gasteiger charge is -2.40. The van der Waals surface area contributed by atoms with Crippen LogP contribution in [0.15, 0.2) is 109 Å². The molecular weight excluding hydrogens is 618 g/mol. The standard InChI is InChI=1S/C35H33N5O8/c1-23(41)47-31-30-32(39-18-17-29(38-33(39)42)40-22-36-21-37-40)48-34(31,19-45-30)20-46-35(24-7-5-4-6-8-24,25-9-13-27(43-2)14-10-25)26-11-15-28(44-3)16-12-26/h4-18,21-22,30-32H,19-20H2,1-3H3/t30-,31?,32+,34+/m0/s1. The normalized spacial score (nSPS) is 21.6. The van der Waals surface area contributed by atoms with Gasteiger partial charge in [0.25, 0.3) is 0 Å². The lowest BCUT2D eigenvalue weighted by molar-refractivity contribution is -0.206. The average Bonchev–Trinajstić information content (AvgIpc) is 3.85. The Morgan fingerprint density at radius 1 is 0.938 bits per heavy atom. The number of aromatic nitrogens is 5. The Labute approximate surface area is 275 Å². The Kier molecular flexibility index (Phi) is 8.25. The van der Waals surface area contributed by atoms with Gasteiger partial charge in [0.2, 0.25) is 0 Å². The zero-order valence-corrected chi connectivity index (χ0v) is 26.5. The van der Waals surface area contributed by atoms with Crippen LogP contribution in [0.4, 0.5) is 0 Å². The first-order valence-corrected chi connectivity index (χ1v) is 15.3. The second-order valence-electron chi connectivity index (χ2n) is 11.5. The third-order valence-electron chi connectivity index (χ3n) is 8.72. The van der Waals surface area contributed by atoms with Crippen LogP contribution < -0.4 is 15.2 Å². The molecule has 5 aromatic rings. The minimum atomic E-state index is -1.27. The van der Waals surface area contributed by atoms with Crippen molar-refractivity contribution >= 4 is 5.97 Å². The largest absolute Gasteiger partial charge is 0.497 e. The first-order chi connectivity index (χ1) is 23.4. The van der Waals surface area contributed by atoms with Gasteiger partial charge in [-0.05, 0) is 47.0 Å². The van der Waals surface area contributed by atoms with Gasteiger partial charge >= 0.3 is 11.7 Å². The van der Waals surface area contributed by atoms with E-state index in [2.05, 4.69) is 15.1 Å². The third-order valence-corrected chi connectivity index (χ3v) is 8.72. The highest BCUT2D eigenvalue weighted by atomic mass is 16.7. The molecule has 2 bridgehead atoms. The van der Waals surface area contributed by atoms with Gasteiger partial charge in [0.15, 0.2) is 23.8 Å². The van der Waals surface area contributed by atoms with Gasteiger partial charge in [-0.15, -0.1) is 0 Å². The molecule has 0 amide bonds. The second kappa shape index (κ2) is 12.7. The number of fused-ring (bicyclic) bond motifs is 2. The Bertz CT molecular complexity index is 1890. The van der Waals surface area contributed by atoms with Gasteiger partial charge in [0.1, 0.15) is 35.9 Å². The quantitative estimate of drug-likeness (QED) is 0.153. The molecule has 0 aliphatic carbocycles. The zero-order chi connectivity index (χ0) is 33.3. The first kappa shape index (κ1) is 31.2. The van der Waals surface area contributed by atoms with E-state index in [9.17, 15) is 9.59 Å². The van der Waals surface area contributed by atoms with Crippen LogP contribution in [0.25, 0.3) is 5.82 Å². The van der Waals surface area contributed by atoms with E-state index >= 15 is 0 Å². The van der Waals surface area contributed by atoms with E-state index in [0.29, 0.717) is 17.3 Å². The van der Waals surface area contributed by atoms with Gasteiger partial charge in [0, 0.05) is 13.1 Å². The van der Waals surface area contributed by atoms with E-state index in [4.69, 9.17) is 28.4 Å². The molecule has 1 unspecified atom stereocenters. The van der Waals surface area contributed by atoms with E-state index in [1.807, 2.05) is 78.9 Å². The molecule has 0 saturated carbocycles. The number of rotatable bonds is 11. The fraction of sp³-hybridized carbons (Fsp3) is 0.286. The molecule has 2 aliphatic heterocycles. The van der Waals surface area contributed by atoms with Crippen molar-refractivity contribution in [2.45, 2.75) is 36.6 Å². The van der Waals surface area contributed by atoms with E-state index < -0.39 is 41.3 Å². The van der Waals surface area contributed by atoms with Crippen molar-refractivity contribution in [3.63, 3.8) is 0 Å². The van der Waals surface area contributed by atoms with Crippen molar-refractivity contribution < 1.29 is 33.2 Å². The van der Waals surface area contributed by atoms with Gasteiger partial charge < -0.3 is 28.4 Å². The predicted molar refractivity (Wildman–Crippen MR) is 170 cm³/mol. The summed E-state index contributed by atoms with van der Waals surface area (Å²) in [6.07, 6.45) is 1.69. The zero-order valence-electron chi connectivity index (χ0n) is 26.5. The summed E-state index contributed by atoms with van der Waals surface area (Å²) in [4.78, 5) is 33.8. The molecule has 2 saturated heterocycles. The van der Waals surface area contributed by atoms with Crippen LogP contribution in [0.5, 0.6) is 11.5 Å². The average molecular weight is 652 g/mol. The van der Waals surface area contributed by atoms with Crippen LogP contribution in [0, 0.1) is 0 Å². The van der Waals surface area contributed by atoms with E-state index in [1.54, 1.807) is 26.5 Å². The smallest absolute Gasteiger partial charge is 0.351 e. The highest BCUT2D eigenvalue weighted by Gasteiger charge is 2.65. The lowest BCUT2D eigenvalue weighted by Crippen LogP contribution is -2.49. The van der Waals surface area contributed by atoms with Crippen molar-refractivity contribution in [2.24, 2.45) is 0 Å². The van der Waals surface area contributed by atoms with E-state index in [-0.39, 0.29) is 13.2 Å². The molecule has 0 N–H and O–H groups in total. The number of nitrogens with zero attached hydrogens (tertiary/aromatic N) is 5. The molecule has 48 heavy (non-hydrogen) atoms. The summed E-state index contributed by atoms with van der Waals surface area (Å²) < 4.78 is 39.5. The van der Waals surface area contributed by atoms with Gasteiger partial charge in [-0.1, -0.05) is 54.6 Å². The van der Waals surface area contributed by atoms with Gasteiger partial charge in [-0.3, -0.25) is 9.36 Å². The minimum absolute atomic E-state index is 0.0570. The topological polar surface area (TPSA) is 138 Å². The van der Waals surface area contributed by atoms with Crippen molar-refractivity contribution in [2.75, 3.05) is 27.4 Å². The molecule has 0 radical (unpaired) electrons. The Hall–Kier alpha value is -5.37. The van der Waals surface area contributed by atoms with Crippen LogP contribution in [0.2, 0.25) is 0 Å². The second-order valence-corrected chi connectivity index (χ2v) is 11.5. The number of hydrogen-bond donors (Lipinski definition) is 0. The van der Waals surface area contributed by atoms with Crippen molar-refractivity contribution in [1.29, 1.82) is 0 Å². The van der Waals surface area contributed by atoms with Crippen LogP contribution in [0.3, 0.4) is 0 Å². The Balaban J connectivity index is 1.30. The Morgan fingerprint density at radius 3 is 2.15 bits per heavy atom. The van der Waals surface area contributed by atoms with Gasteiger partial charge in [0.05, 0.1) is 27.4 Å². The number of ether oxygens (including phenoxy) is 6. The number of esters is 1. The van der Waals surface area contributed by atoms with Crippen LogP contribution in [-0.2, 0) is 29.3 Å². The Morgan fingerprint density at radius 2 is 1.58 bits per heavy atom. The SMILES string of the molecule is COc1ccc(C(OC[C@]23CO[C@@H](C2OC(C)=O)[C@H](n2ccc(-n4cncn4)nc2=O)O3)(c2ccccc2)c2ccc(OC)cc2)cc1. The van der Waals surface area contributed by atoms with Crippen molar-refractivity contribution in [1.82, 2.24) is 24.3 Å². The van der Waals surface area contributed by atoms with Crippen LogP contribution in [-0.4, -0.2) is 75.5 Å². The maximum atomic E-state index is 13.3.